The van der Waals surface area contributed by atoms with Crippen molar-refractivity contribution in [1.82, 2.24) is 10.2 Å². The molecule has 1 fully saturated rings. The number of hydrogen-bond donors (Lipinski definition) is 1. The van der Waals surface area contributed by atoms with E-state index in [-0.39, 0.29) is 23.4 Å². The molecule has 0 radical (unpaired) electrons. The fourth-order valence-corrected chi connectivity index (χ4v) is 7.03. The molecular formula is C32H38BrN3O4S. The van der Waals surface area contributed by atoms with Crippen LogP contribution in [0.2, 0.25) is 0 Å². The highest BCUT2D eigenvalue weighted by Crippen LogP contribution is 2.27. The summed E-state index contributed by atoms with van der Waals surface area (Å²) in [6.45, 7) is 3.50. The van der Waals surface area contributed by atoms with Crippen molar-refractivity contribution < 1.29 is 18.0 Å². The van der Waals surface area contributed by atoms with Gasteiger partial charge in [-0.1, -0.05) is 96.2 Å². The summed E-state index contributed by atoms with van der Waals surface area (Å²) >= 11 is 3.43. The Bertz CT molecular complexity index is 1420. The molecule has 0 aromatic heterocycles. The lowest BCUT2D eigenvalue weighted by Gasteiger charge is -2.34. The predicted octanol–water partition coefficient (Wildman–Crippen LogP) is 6.21. The van der Waals surface area contributed by atoms with Gasteiger partial charge in [-0.3, -0.25) is 13.9 Å². The van der Waals surface area contributed by atoms with E-state index in [2.05, 4.69) is 21.2 Å². The van der Waals surface area contributed by atoms with Gasteiger partial charge in [0, 0.05) is 17.1 Å². The van der Waals surface area contributed by atoms with Gasteiger partial charge in [0.25, 0.3) is 10.0 Å². The van der Waals surface area contributed by atoms with Gasteiger partial charge in [-0.05, 0) is 62.1 Å². The highest BCUT2D eigenvalue weighted by Gasteiger charge is 2.34. The zero-order valence-corrected chi connectivity index (χ0v) is 26.0. The van der Waals surface area contributed by atoms with E-state index < -0.39 is 28.5 Å². The largest absolute Gasteiger partial charge is 0.352 e. The molecule has 1 saturated carbocycles. The van der Waals surface area contributed by atoms with E-state index in [4.69, 9.17) is 0 Å². The highest BCUT2D eigenvalue weighted by atomic mass is 79.9. The van der Waals surface area contributed by atoms with Gasteiger partial charge in [-0.25, -0.2) is 8.42 Å². The van der Waals surface area contributed by atoms with Crippen LogP contribution in [-0.2, 0) is 26.2 Å². The van der Waals surface area contributed by atoms with Crippen molar-refractivity contribution in [2.75, 3.05) is 10.8 Å². The molecule has 0 heterocycles. The minimum Gasteiger partial charge on any atom is -0.352 e. The van der Waals surface area contributed by atoms with Crippen LogP contribution in [0.1, 0.15) is 56.6 Å². The van der Waals surface area contributed by atoms with Gasteiger partial charge in [0.05, 0.1) is 10.6 Å². The molecule has 0 spiro atoms. The van der Waals surface area contributed by atoms with Gasteiger partial charge >= 0.3 is 0 Å². The molecule has 9 heteroatoms. The molecule has 3 aromatic rings. The first-order valence-corrected chi connectivity index (χ1v) is 16.4. The van der Waals surface area contributed by atoms with E-state index in [1.54, 1.807) is 48.5 Å². The molecule has 0 bridgehead atoms. The molecule has 41 heavy (non-hydrogen) atoms. The number of benzene rings is 3. The number of nitrogens with one attached hydrogen (secondary N) is 1. The van der Waals surface area contributed by atoms with Gasteiger partial charge < -0.3 is 10.2 Å². The molecule has 1 aliphatic carbocycles. The van der Waals surface area contributed by atoms with Crippen LogP contribution >= 0.6 is 15.9 Å². The molecule has 0 saturated heterocycles. The summed E-state index contributed by atoms with van der Waals surface area (Å²) in [5.41, 5.74) is 2.14. The molecule has 1 aliphatic rings. The van der Waals surface area contributed by atoms with E-state index in [1.165, 1.54) is 11.3 Å². The van der Waals surface area contributed by atoms with Gasteiger partial charge in [-0.15, -0.1) is 0 Å². The van der Waals surface area contributed by atoms with Crippen LogP contribution in [-0.4, -0.2) is 43.8 Å². The molecule has 3 aromatic carbocycles. The number of hydrogen-bond acceptors (Lipinski definition) is 4. The summed E-state index contributed by atoms with van der Waals surface area (Å²) < 4.78 is 29.8. The summed E-state index contributed by atoms with van der Waals surface area (Å²) in [6.07, 6.45) is 5.59. The summed E-state index contributed by atoms with van der Waals surface area (Å²) in [4.78, 5) is 29.4. The van der Waals surface area contributed by atoms with Crippen molar-refractivity contribution in [2.24, 2.45) is 0 Å². The maximum Gasteiger partial charge on any atom is 0.264 e. The first kappa shape index (κ1) is 30.8. The van der Waals surface area contributed by atoms with E-state index in [9.17, 15) is 18.0 Å². The Kier molecular flexibility index (Phi) is 10.6. The van der Waals surface area contributed by atoms with Crippen molar-refractivity contribution in [3.05, 3.63) is 94.5 Å². The number of carbonyl (C=O) groups is 2. The fourth-order valence-electron chi connectivity index (χ4n) is 5.24. The van der Waals surface area contributed by atoms with Gasteiger partial charge in [0.2, 0.25) is 11.8 Å². The topological polar surface area (TPSA) is 86.8 Å². The molecule has 0 aliphatic heterocycles. The number of carbonyl (C=O) groups excluding carboxylic acids is 2. The standard InChI is InChI=1S/C32H38BrN3O4S/c1-3-30(32(38)34-27-14-8-5-9-15-27)35(22-25-11-6-4-7-12-25)31(37)23-36(28-16-10-13-26(33)21-28)41(39,40)29-19-17-24(2)18-20-29/h4,6-7,10-13,16-21,27,30H,3,5,8-9,14-15,22-23H2,1-2H3,(H,34,38)/t30-/m1/s1. The number of aryl methyl sites for hydroxylation is 1. The second-order valence-electron chi connectivity index (χ2n) is 10.6. The Balaban J connectivity index is 1.69. The number of nitrogens with zero attached hydrogens (tertiary/aromatic N) is 2. The average Bonchev–Trinajstić information content (AvgIpc) is 2.97. The van der Waals surface area contributed by atoms with Crippen LogP contribution in [0.4, 0.5) is 5.69 Å². The van der Waals surface area contributed by atoms with E-state index in [1.807, 2.05) is 44.2 Å². The minimum atomic E-state index is -4.10. The number of amides is 2. The number of rotatable bonds is 11. The van der Waals surface area contributed by atoms with Gasteiger partial charge in [0.15, 0.2) is 0 Å². The normalized spacial score (nSPS) is 14.7. The van der Waals surface area contributed by atoms with Crippen molar-refractivity contribution >= 4 is 43.5 Å². The SMILES string of the molecule is CC[C@H](C(=O)NC1CCCCC1)N(Cc1ccccc1)C(=O)CN(c1cccc(Br)c1)S(=O)(=O)c1ccc(C)cc1. The smallest absolute Gasteiger partial charge is 0.264 e. The van der Waals surface area contributed by atoms with Crippen LogP contribution in [0.5, 0.6) is 0 Å². The summed E-state index contributed by atoms with van der Waals surface area (Å²) in [5, 5.41) is 3.17. The number of sulfonamides is 1. The van der Waals surface area contributed by atoms with E-state index in [0.29, 0.717) is 16.6 Å². The van der Waals surface area contributed by atoms with E-state index in [0.717, 1.165) is 41.1 Å². The Morgan fingerprint density at radius 1 is 0.951 bits per heavy atom. The Labute approximate surface area is 252 Å². The highest BCUT2D eigenvalue weighted by molar-refractivity contribution is 9.10. The van der Waals surface area contributed by atoms with Gasteiger partial charge in [-0.2, -0.15) is 0 Å². The van der Waals surface area contributed by atoms with Crippen LogP contribution in [0.15, 0.2) is 88.2 Å². The molecule has 0 unspecified atom stereocenters. The molecule has 4 rings (SSSR count). The third-order valence-electron chi connectivity index (χ3n) is 7.52. The number of anilines is 1. The van der Waals surface area contributed by atoms with Crippen LogP contribution in [0.3, 0.4) is 0 Å². The molecular weight excluding hydrogens is 602 g/mol. The quantitative estimate of drug-likeness (QED) is 0.270. The molecule has 2 amide bonds. The third-order valence-corrected chi connectivity index (χ3v) is 9.80. The first-order valence-electron chi connectivity index (χ1n) is 14.2. The lowest BCUT2D eigenvalue weighted by molar-refractivity contribution is -0.140. The second-order valence-corrected chi connectivity index (χ2v) is 13.4. The zero-order valence-electron chi connectivity index (χ0n) is 23.6. The van der Waals surface area contributed by atoms with Crippen LogP contribution < -0.4 is 9.62 Å². The first-order chi connectivity index (χ1) is 19.7. The monoisotopic (exact) mass is 639 g/mol. The third kappa shape index (κ3) is 7.98. The minimum absolute atomic E-state index is 0.0903. The lowest BCUT2D eigenvalue weighted by atomic mass is 9.95. The van der Waals surface area contributed by atoms with E-state index >= 15 is 0 Å². The Hall–Kier alpha value is -3.17. The van der Waals surface area contributed by atoms with Crippen molar-refractivity contribution in [3.63, 3.8) is 0 Å². The predicted molar refractivity (Wildman–Crippen MR) is 166 cm³/mol. The Morgan fingerprint density at radius 3 is 2.27 bits per heavy atom. The van der Waals surface area contributed by atoms with Crippen molar-refractivity contribution in [3.8, 4) is 0 Å². The summed E-state index contributed by atoms with van der Waals surface area (Å²) in [6, 6.07) is 22.3. The maximum atomic E-state index is 14.2. The van der Waals surface area contributed by atoms with Crippen LogP contribution in [0, 0.1) is 6.92 Å². The average molecular weight is 641 g/mol. The summed E-state index contributed by atoms with van der Waals surface area (Å²) in [7, 11) is -4.10. The van der Waals surface area contributed by atoms with Crippen molar-refractivity contribution in [2.45, 2.75) is 75.9 Å². The molecule has 1 N–H and O–H groups in total. The molecule has 7 nitrogen and oxygen atoms in total. The van der Waals surface area contributed by atoms with Gasteiger partial charge in [0.1, 0.15) is 12.6 Å². The number of halogens is 1. The van der Waals surface area contributed by atoms with Crippen LogP contribution in [0.25, 0.3) is 0 Å². The lowest BCUT2D eigenvalue weighted by Crippen LogP contribution is -2.54. The zero-order chi connectivity index (χ0) is 29.4. The maximum absolute atomic E-state index is 14.2. The summed E-state index contributed by atoms with van der Waals surface area (Å²) in [5.74, 6) is -0.644. The Morgan fingerprint density at radius 2 is 1.63 bits per heavy atom. The second kappa shape index (κ2) is 14.1. The molecule has 218 valence electrons. The molecule has 1 atom stereocenters. The fraction of sp³-hybridized carbons (Fsp3) is 0.375. The van der Waals surface area contributed by atoms with Crippen molar-refractivity contribution in [1.29, 1.82) is 0 Å².